The molecule has 4 heteroatoms. The van der Waals surface area contributed by atoms with Gasteiger partial charge in [0.05, 0.1) is 10.1 Å². The Balaban J connectivity index is 1.75. The van der Waals surface area contributed by atoms with Crippen molar-refractivity contribution in [2.24, 2.45) is 0 Å². The van der Waals surface area contributed by atoms with Crippen LogP contribution in [0.4, 0.5) is 0 Å². The number of benzene rings is 3. The number of hydrogen-bond acceptors (Lipinski definition) is 2. The molecule has 0 aliphatic heterocycles. The van der Waals surface area contributed by atoms with Crippen molar-refractivity contribution in [2.45, 2.75) is 56.9 Å². The van der Waals surface area contributed by atoms with Gasteiger partial charge in [0.15, 0.2) is 9.84 Å². The minimum Gasteiger partial charge on any atom is -0.223 e. The maximum Gasteiger partial charge on any atom is 0.181 e. The fraction of sp³-hybridized carbons (Fsp3) is 0.280. The van der Waals surface area contributed by atoms with E-state index in [0.29, 0.717) is 4.90 Å². The van der Waals surface area contributed by atoms with Crippen LogP contribution in [0.3, 0.4) is 0 Å². The predicted molar refractivity (Wildman–Crippen MR) is 122 cm³/mol. The molecule has 1 aliphatic carbocycles. The van der Waals surface area contributed by atoms with Crippen molar-refractivity contribution in [3.05, 3.63) is 84.9 Å². The van der Waals surface area contributed by atoms with Crippen LogP contribution < -0.4 is 0 Å². The summed E-state index contributed by atoms with van der Waals surface area (Å²) in [6.07, 6.45) is 7.07. The molecule has 2 nitrogen and oxygen atoms in total. The van der Waals surface area contributed by atoms with Gasteiger partial charge in [0.2, 0.25) is 0 Å². The topological polar surface area (TPSA) is 34.1 Å². The van der Waals surface area contributed by atoms with Crippen molar-refractivity contribution in [1.82, 2.24) is 0 Å². The van der Waals surface area contributed by atoms with Crippen LogP contribution in [0.25, 0.3) is 0 Å². The molecule has 0 aromatic heterocycles. The van der Waals surface area contributed by atoms with Crippen molar-refractivity contribution in [3.63, 3.8) is 0 Å². The van der Waals surface area contributed by atoms with Crippen LogP contribution in [-0.2, 0) is 9.84 Å². The summed E-state index contributed by atoms with van der Waals surface area (Å²) in [5, 5.41) is -0.218. The number of hydrogen-bond donors (Lipinski definition) is 0. The summed E-state index contributed by atoms with van der Waals surface area (Å²) in [5.74, 6) is 0. The van der Waals surface area contributed by atoms with Gasteiger partial charge in [0.1, 0.15) is 0 Å². The molecule has 29 heavy (non-hydrogen) atoms. The second-order valence-corrected chi connectivity index (χ2v) is 13.3. The molecule has 1 saturated carbocycles. The number of sulfone groups is 1. The summed E-state index contributed by atoms with van der Waals surface area (Å²) in [4.78, 5) is 4.19. The highest BCUT2D eigenvalue weighted by molar-refractivity contribution is 8.33. The van der Waals surface area contributed by atoms with E-state index >= 15 is 0 Å². The molecule has 0 atom stereocenters. The van der Waals surface area contributed by atoms with Gasteiger partial charge in [0.25, 0.3) is 0 Å². The van der Waals surface area contributed by atoms with Crippen LogP contribution in [0, 0.1) is 0 Å². The molecule has 0 radical (unpaired) electrons. The minimum absolute atomic E-state index is 0.218. The van der Waals surface area contributed by atoms with Crippen molar-refractivity contribution in [1.29, 1.82) is 0 Å². The fourth-order valence-corrected chi connectivity index (χ4v) is 9.02. The summed E-state index contributed by atoms with van der Waals surface area (Å²) in [6.45, 7) is 0. The van der Waals surface area contributed by atoms with E-state index in [0.717, 1.165) is 32.1 Å². The van der Waals surface area contributed by atoms with Gasteiger partial charge < -0.3 is 0 Å². The second-order valence-electron chi connectivity index (χ2n) is 7.82. The van der Waals surface area contributed by atoms with Crippen molar-refractivity contribution in [3.8, 4) is 0 Å². The SMILES string of the molecule is CS(c1ccccc1)(c1ccccc1)c1ccc(S(=O)(=O)C2CCCCC2)cc1. The zero-order valence-electron chi connectivity index (χ0n) is 16.8. The Bertz CT molecular complexity index is 997. The van der Waals surface area contributed by atoms with E-state index in [4.69, 9.17) is 0 Å². The lowest BCUT2D eigenvalue weighted by molar-refractivity contribution is 0.483. The van der Waals surface area contributed by atoms with Crippen LogP contribution in [0.5, 0.6) is 0 Å². The van der Waals surface area contributed by atoms with Gasteiger partial charge in [-0.15, -0.1) is 0 Å². The molecular formula is C25H28O2S2. The molecule has 3 aromatic rings. The molecule has 0 heterocycles. The summed E-state index contributed by atoms with van der Waals surface area (Å²) >= 11 is 0. The average molecular weight is 425 g/mol. The van der Waals surface area contributed by atoms with E-state index in [-0.39, 0.29) is 5.25 Å². The first-order chi connectivity index (χ1) is 14.0. The Hall–Kier alpha value is -2.04. The van der Waals surface area contributed by atoms with Gasteiger partial charge in [-0.3, -0.25) is 0 Å². The lowest BCUT2D eigenvalue weighted by Crippen LogP contribution is -2.24. The smallest absolute Gasteiger partial charge is 0.181 e. The Kier molecular flexibility index (Phi) is 5.84. The molecule has 0 spiro atoms. The molecule has 152 valence electrons. The predicted octanol–water partition coefficient (Wildman–Crippen LogP) is 6.70. The highest BCUT2D eigenvalue weighted by atomic mass is 32.3. The Morgan fingerprint density at radius 1 is 0.586 bits per heavy atom. The van der Waals surface area contributed by atoms with Crippen molar-refractivity contribution in [2.75, 3.05) is 6.26 Å². The van der Waals surface area contributed by atoms with Gasteiger partial charge >= 0.3 is 0 Å². The standard InChI is InChI=1S/C25H28O2S2/c1-28(21-11-5-2-6-12-21,22-13-7-3-8-14-22)23-17-19-25(20-18-23)29(26,27)24-15-9-4-10-16-24/h2-3,5-8,11-14,17-20,24H,4,9-10,15-16H2,1H3. The average Bonchev–Trinajstić information content (AvgIpc) is 2.80. The van der Waals surface area contributed by atoms with Crippen LogP contribution in [-0.4, -0.2) is 19.9 Å². The molecule has 4 rings (SSSR count). The Labute approximate surface area is 176 Å². The summed E-state index contributed by atoms with van der Waals surface area (Å²) < 4.78 is 26.2. The largest absolute Gasteiger partial charge is 0.223 e. The molecule has 0 bridgehead atoms. The minimum atomic E-state index is -3.24. The highest BCUT2D eigenvalue weighted by Crippen LogP contribution is 2.65. The fourth-order valence-electron chi connectivity index (χ4n) is 4.26. The number of rotatable bonds is 5. The molecule has 1 fully saturated rings. The zero-order chi connectivity index (χ0) is 20.3. The van der Waals surface area contributed by atoms with Crippen LogP contribution in [0.2, 0.25) is 0 Å². The van der Waals surface area contributed by atoms with E-state index in [1.54, 1.807) is 0 Å². The monoisotopic (exact) mass is 424 g/mol. The maximum atomic E-state index is 13.1. The third-order valence-corrected chi connectivity index (χ3v) is 12.0. The van der Waals surface area contributed by atoms with E-state index in [9.17, 15) is 8.42 Å². The first kappa shape index (κ1) is 20.2. The molecular weight excluding hydrogens is 396 g/mol. The first-order valence-corrected chi connectivity index (χ1v) is 13.8. The third-order valence-electron chi connectivity index (χ3n) is 6.04. The van der Waals surface area contributed by atoms with Crippen LogP contribution in [0.15, 0.2) is 105 Å². The zero-order valence-corrected chi connectivity index (χ0v) is 18.5. The van der Waals surface area contributed by atoms with Gasteiger partial charge in [-0.25, -0.2) is 8.42 Å². The maximum absolute atomic E-state index is 13.1. The van der Waals surface area contributed by atoms with E-state index in [2.05, 4.69) is 54.8 Å². The lowest BCUT2D eigenvalue weighted by Gasteiger charge is -2.37. The summed E-state index contributed by atoms with van der Waals surface area (Å²) in [6, 6.07) is 28.8. The van der Waals surface area contributed by atoms with E-state index in [1.165, 1.54) is 14.7 Å². The van der Waals surface area contributed by atoms with Crippen molar-refractivity contribution < 1.29 is 8.42 Å². The highest BCUT2D eigenvalue weighted by Gasteiger charge is 2.30. The lowest BCUT2D eigenvalue weighted by atomic mass is 10.0. The van der Waals surface area contributed by atoms with Gasteiger partial charge in [-0.1, -0.05) is 55.7 Å². The third kappa shape index (κ3) is 3.88. The van der Waals surface area contributed by atoms with Gasteiger partial charge in [-0.2, -0.15) is 10.0 Å². The van der Waals surface area contributed by atoms with E-state index in [1.807, 2.05) is 36.4 Å². The molecule has 3 aromatic carbocycles. The molecule has 1 aliphatic rings. The molecule has 0 unspecified atom stereocenters. The summed E-state index contributed by atoms with van der Waals surface area (Å²) in [5.41, 5.74) is 0. The Morgan fingerprint density at radius 3 is 1.48 bits per heavy atom. The van der Waals surface area contributed by atoms with Gasteiger partial charge in [0, 0.05) is 0 Å². The Morgan fingerprint density at radius 2 is 1.00 bits per heavy atom. The molecule has 0 saturated heterocycles. The first-order valence-electron chi connectivity index (χ1n) is 10.3. The molecule has 0 N–H and O–H groups in total. The normalized spacial score (nSPS) is 16.4. The van der Waals surface area contributed by atoms with E-state index < -0.39 is 19.9 Å². The van der Waals surface area contributed by atoms with Gasteiger partial charge in [-0.05, 0) is 82.3 Å². The van der Waals surface area contributed by atoms with Crippen molar-refractivity contribution >= 4 is 19.9 Å². The second kappa shape index (κ2) is 8.37. The van der Waals surface area contributed by atoms with Crippen LogP contribution in [0.1, 0.15) is 32.1 Å². The summed E-state index contributed by atoms with van der Waals surface area (Å²) in [7, 11) is -4.70. The van der Waals surface area contributed by atoms with Crippen LogP contribution >= 0.6 is 10.0 Å². The quantitative estimate of drug-likeness (QED) is 0.456. The molecule has 0 amide bonds.